The van der Waals surface area contributed by atoms with E-state index in [1.54, 1.807) is 0 Å². The molecule has 0 saturated carbocycles. The molecule has 0 spiro atoms. The van der Waals surface area contributed by atoms with E-state index in [1.807, 2.05) is 12.1 Å². The number of halogens is 2. The van der Waals surface area contributed by atoms with Crippen molar-refractivity contribution in [2.24, 2.45) is 0 Å². The predicted octanol–water partition coefficient (Wildman–Crippen LogP) is 4.90. The van der Waals surface area contributed by atoms with Crippen LogP contribution in [0.25, 0.3) is 0 Å². The molecule has 22 heavy (non-hydrogen) atoms. The van der Waals surface area contributed by atoms with E-state index in [0.29, 0.717) is 10.0 Å². The summed E-state index contributed by atoms with van der Waals surface area (Å²) < 4.78 is 0. The molecule has 0 unspecified atom stereocenters. The van der Waals surface area contributed by atoms with Gasteiger partial charge in [0.2, 0.25) is 0 Å². The minimum atomic E-state index is 0.632. The van der Waals surface area contributed by atoms with E-state index < -0.39 is 0 Å². The molecule has 0 amide bonds. The number of piperidine rings is 1. The normalized spacial score (nSPS) is 16.4. The highest BCUT2D eigenvalue weighted by molar-refractivity contribution is 6.42. The van der Waals surface area contributed by atoms with Crippen molar-refractivity contribution in [1.82, 2.24) is 9.80 Å². The van der Waals surface area contributed by atoms with Gasteiger partial charge in [-0.05, 0) is 82.5 Å². The first-order chi connectivity index (χ1) is 10.7. The molecule has 0 N–H and O–H groups in total. The molecule has 2 nitrogen and oxygen atoms in total. The highest BCUT2D eigenvalue weighted by Gasteiger charge is 2.10. The van der Waals surface area contributed by atoms with Crippen molar-refractivity contribution >= 4 is 23.2 Å². The van der Waals surface area contributed by atoms with Crippen molar-refractivity contribution in [2.75, 3.05) is 32.7 Å². The van der Waals surface area contributed by atoms with Crippen molar-refractivity contribution in [2.45, 2.75) is 39.2 Å². The third kappa shape index (κ3) is 6.08. The van der Waals surface area contributed by atoms with E-state index in [4.69, 9.17) is 23.2 Å². The number of nitrogens with zero attached hydrogens (tertiary/aromatic N) is 2. The van der Waals surface area contributed by atoms with Gasteiger partial charge >= 0.3 is 0 Å². The lowest BCUT2D eigenvalue weighted by molar-refractivity contribution is 0.231. The first-order valence-corrected chi connectivity index (χ1v) is 9.15. The Kier molecular flexibility index (Phi) is 8.02. The molecule has 0 atom stereocenters. The summed E-state index contributed by atoms with van der Waals surface area (Å²) in [5.41, 5.74) is 1.24. The molecular weight excluding hydrogens is 315 g/mol. The molecule has 2 rings (SSSR count). The molecule has 1 fully saturated rings. The molecule has 4 heteroatoms. The SMILES string of the molecule is CCN(CCCCN1CC[CH]CC1)Cc1ccc(Cl)c(Cl)c1. The van der Waals surface area contributed by atoms with Gasteiger partial charge in [0.1, 0.15) is 0 Å². The summed E-state index contributed by atoms with van der Waals surface area (Å²) in [6, 6.07) is 5.94. The Labute approximate surface area is 145 Å². The largest absolute Gasteiger partial charge is 0.303 e. The first-order valence-electron chi connectivity index (χ1n) is 8.39. The molecule has 0 aromatic heterocycles. The van der Waals surface area contributed by atoms with Gasteiger partial charge < -0.3 is 4.90 Å². The number of unbranched alkanes of at least 4 members (excludes halogenated alkanes) is 1. The standard InChI is InChI=1S/C18H27Cl2N2/c1-2-21(15-16-8-9-17(19)18(20)14-16)10-6-7-13-22-11-4-3-5-12-22/h3,8-9,14H,2,4-7,10-13,15H2,1H3. The molecule has 123 valence electrons. The minimum absolute atomic E-state index is 0.632. The van der Waals surface area contributed by atoms with Gasteiger partial charge in [-0.15, -0.1) is 0 Å². The summed E-state index contributed by atoms with van der Waals surface area (Å²) in [7, 11) is 0. The fourth-order valence-corrected chi connectivity index (χ4v) is 3.26. The van der Waals surface area contributed by atoms with Crippen LogP contribution in [-0.4, -0.2) is 42.5 Å². The van der Waals surface area contributed by atoms with Gasteiger partial charge in [0, 0.05) is 6.54 Å². The Morgan fingerprint density at radius 1 is 1.09 bits per heavy atom. The van der Waals surface area contributed by atoms with Gasteiger partial charge in [-0.3, -0.25) is 4.90 Å². The molecule has 1 saturated heterocycles. The Morgan fingerprint density at radius 3 is 2.55 bits per heavy atom. The van der Waals surface area contributed by atoms with Crippen LogP contribution in [-0.2, 0) is 6.54 Å². The van der Waals surface area contributed by atoms with E-state index in [-0.39, 0.29) is 0 Å². The Balaban J connectivity index is 1.68. The predicted molar refractivity (Wildman–Crippen MR) is 96.6 cm³/mol. The third-order valence-electron chi connectivity index (χ3n) is 4.33. The second kappa shape index (κ2) is 9.77. The Bertz CT molecular complexity index is 445. The first kappa shape index (κ1) is 18.1. The highest BCUT2D eigenvalue weighted by Crippen LogP contribution is 2.23. The second-order valence-electron chi connectivity index (χ2n) is 6.03. The fourth-order valence-electron chi connectivity index (χ4n) is 2.94. The number of likely N-dealkylation sites (tertiary alicyclic amines) is 1. The van der Waals surface area contributed by atoms with Crippen molar-refractivity contribution in [3.8, 4) is 0 Å². The summed E-state index contributed by atoms with van der Waals surface area (Å²) in [6.45, 7) is 9.14. The van der Waals surface area contributed by atoms with E-state index in [0.717, 1.165) is 19.6 Å². The van der Waals surface area contributed by atoms with Gasteiger partial charge in [-0.25, -0.2) is 0 Å². The van der Waals surface area contributed by atoms with Gasteiger partial charge in [0.05, 0.1) is 10.0 Å². The lowest BCUT2D eigenvalue weighted by atomic mass is 10.1. The molecule has 1 aromatic rings. The zero-order chi connectivity index (χ0) is 15.8. The van der Waals surface area contributed by atoms with Gasteiger partial charge in [-0.2, -0.15) is 0 Å². The Hall–Kier alpha value is -0.280. The third-order valence-corrected chi connectivity index (χ3v) is 5.07. The molecule has 1 aromatic carbocycles. The fraction of sp³-hybridized carbons (Fsp3) is 0.611. The number of rotatable bonds is 8. The molecule has 1 radical (unpaired) electrons. The van der Waals surface area contributed by atoms with Crippen LogP contribution < -0.4 is 0 Å². The molecule has 1 aliphatic heterocycles. The lowest BCUT2D eigenvalue weighted by Crippen LogP contribution is -2.31. The summed E-state index contributed by atoms with van der Waals surface area (Å²) in [5, 5.41) is 1.28. The lowest BCUT2D eigenvalue weighted by Gasteiger charge is -2.27. The van der Waals surface area contributed by atoms with Crippen molar-refractivity contribution in [3.63, 3.8) is 0 Å². The molecular formula is C18H27Cl2N2. The van der Waals surface area contributed by atoms with E-state index >= 15 is 0 Å². The van der Waals surface area contributed by atoms with Crippen molar-refractivity contribution in [3.05, 3.63) is 40.2 Å². The van der Waals surface area contributed by atoms with Gasteiger partial charge in [0.15, 0.2) is 0 Å². The van der Waals surface area contributed by atoms with Crippen LogP contribution in [0.3, 0.4) is 0 Å². The van der Waals surface area contributed by atoms with E-state index in [1.165, 1.54) is 50.9 Å². The quantitative estimate of drug-likeness (QED) is 0.620. The minimum Gasteiger partial charge on any atom is -0.303 e. The van der Waals surface area contributed by atoms with Crippen LogP contribution >= 0.6 is 23.2 Å². The maximum atomic E-state index is 6.09. The number of benzene rings is 1. The maximum Gasteiger partial charge on any atom is 0.0595 e. The number of hydrogen-bond acceptors (Lipinski definition) is 2. The Morgan fingerprint density at radius 2 is 1.86 bits per heavy atom. The van der Waals surface area contributed by atoms with Crippen molar-refractivity contribution < 1.29 is 0 Å². The molecule has 0 bridgehead atoms. The van der Waals surface area contributed by atoms with Crippen LogP contribution in [0.5, 0.6) is 0 Å². The van der Waals surface area contributed by atoms with Gasteiger partial charge in [0.25, 0.3) is 0 Å². The average Bonchev–Trinajstić information content (AvgIpc) is 2.54. The zero-order valence-electron chi connectivity index (χ0n) is 13.5. The van der Waals surface area contributed by atoms with Crippen molar-refractivity contribution in [1.29, 1.82) is 0 Å². The topological polar surface area (TPSA) is 6.48 Å². The average molecular weight is 342 g/mol. The smallest absolute Gasteiger partial charge is 0.0595 e. The molecule has 1 heterocycles. The highest BCUT2D eigenvalue weighted by atomic mass is 35.5. The van der Waals surface area contributed by atoms with Crippen LogP contribution in [0.4, 0.5) is 0 Å². The molecule has 1 aliphatic rings. The maximum absolute atomic E-state index is 6.09. The van der Waals surface area contributed by atoms with E-state index in [2.05, 4.69) is 29.2 Å². The monoisotopic (exact) mass is 341 g/mol. The van der Waals surface area contributed by atoms with Gasteiger partial charge in [-0.1, -0.05) is 36.2 Å². The zero-order valence-corrected chi connectivity index (χ0v) is 15.0. The summed E-state index contributed by atoms with van der Waals surface area (Å²) >= 11 is 12.1. The van der Waals surface area contributed by atoms with Crippen LogP contribution in [0.1, 0.15) is 38.2 Å². The van der Waals surface area contributed by atoms with E-state index in [9.17, 15) is 0 Å². The summed E-state index contributed by atoms with van der Waals surface area (Å²) in [4.78, 5) is 5.07. The number of hydrogen-bond donors (Lipinski definition) is 0. The van der Waals surface area contributed by atoms with Crippen LogP contribution in [0.2, 0.25) is 10.0 Å². The van der Waals surface area contributed by atoms with Crippen LogP contribution in [0.15, 0.2) is 18.2 Å². The second-order valence-corrected chi connectivity index (χ2v) is 6.85. The summed E-state index contributed by atoms with van der Waals surface area (Å²) in [6.07, 6.45) is 7.48. The van der Waals surface area contributed by atoms with Crippen LogP contribution in [0, 0.1) is 6.42 Å². The molecule has 0 aliphatic carbocycles. The summed E-state index contributed by atoms with van der Waals surface area (Å²) in [5.74, 6) is 0.